The fourth-order valence-electron chi connectivity index (χ4n) is 3.10. The SMILES string of the molecule is CCOC(=O)C[C@H]1CCCC[C@]12CCC(=O)O2. The van der Waals surface area contributed by atoms with Gasteiger partial charge in [0.2, 0.25) is 0 Å². The number of hydrogen-bond acceptors (Lipinski definition) is 4. The maximum absolute atomic E-state index is 11.6. The van der Waals surface area contributed by atoms with Crippen molar-refractivity contribution in [1.82, 2.24) is 0 Å². The minimum Gasteiger partial charge on any atom is -0.466 e. The first kappa shape index (κ1) is 12.4. The second kappa shape index (κ2) is 5.07. The molecule has 2 rings (SSSR count). The minimum atomic E-state index is -0.359. The molecule has 2 atom stereocenters. The Bertz CT molecular complexity index is 313. The maximum Gasteiger partial charge on any atom is 0.306 e. The summed E-state index contributed by atoms with van der Waals surface area (Å²) in [5, 5.41) is 0. The van der Waals surface area contributed by atoms with Crippen LogP contribution in [0.1, 0.15) is 51.9 Å². The summed E-state index contributed by atoms with van der Waals surface area (Å²) in [6.45, 7) is 2.22. The molecule has 0 unspecified atom stereocenters. The first-order valence-corrected chi connectivity index (χ1v) is 6.54. The molecule has 96 valence electrons. The van der Waals surface area contributed by atoms with E-state index in [1.54, 1.807) is 0 Å². The van der Waals surface area contributed by atoms with Gasteiger partial charge in [0.25, 0.3) is 0 Å². The standard InChI is InChI=1S/C13H20O4/c1-2-16-12(15)9-10-5-3-4-7-13(10)8-6-11(14)17-13/h10H,2-9H2,1H3/t10-,13+/m1/s1. The highest BCUT2D eigenvalue weighted by atomic mass is 16.6. The van der Waals surface area contributed by atoms with Crippen LogP contribution in [0.5, 0.6) is 0 Å². The van der Waals surface area contributed by atoms with E-state index in [9.17, 15) is 9.59 Å². The third kappa shape index (κ3) is 2.61. The lowest BCUT2D eigenvalue weighted by atomic mass is 9.72. The van der Waals surface area contributed by atoms with E-state index in [-0.39, 0.29) is 23.5 Å². The van der Waals surface area contributed by atoms with Gasteiger partial charge in [-0.2, -0.15) is 0 Å². The van der Waals surface area contributed by atoms with Crippen LogP contribution >= 0.6 is 0 Å². The summed E-state index contributed by atoms with van der Waals surface area (Å²) in [5.41, 5.74) is -0.359. The Morgan fingerprint density at radius 2 is 2.29 bits per heavy atom. The van der Waals surface area contributed by atoms with Gasteiger partial charge in [0, 0.05) is 12.3 Å². The van der Waals surface area contributed by atoms with E-state index >= 15 is 0 Å². The lowest BCUT2D eigenvalue weighted by molar-refractivity contribution is -0.161. The normalized spacial score (nSPS) is 32.5. The zero-order valence-electron chi connectivity index (χ0n) is 10.4. The van der Waals surface area contributed by atoms with Gasteiger partial charge in [0.15, 0.2) is 0 Å². The number of ether oxygens (including phenoxy) is 2. The van der Waals surface area contributed by atoms with Crippen molar-refractivity contribution in [1.29, 1.82) is 0 Å². The molecule has 0 amide bonds. The van der Waals surface area contributed by atoms with Crippen molar-refractivity contribution in [3.8, 4) is 0 Å². The molecule has 2 aliphatic rings. The summed E-state index contributed by atoms with van der Waals surface area (Å²) >= 11 is 0. The highest BCUT2D eigenvalue weighted by Gasteiger charge is 2.48. The molecule has 4 heteroatoms. The van der Waals surface area contributed by atoms with Gasteiger partial charge in [0.1, 0.15) is 5.60 Å². The molecule has 4 nitrogen and oxygen atoms in total. The van der Waals surface area contributed by atoms with Crippen LogP contribution in [-0.4, -0.2) is 24.1 Å². The maximum atomic E-state index is 11.6. The van der Waals surface area contributed by atoms with Gasteiger partial charge in [-0.1, -0.05) is 6.42 Å². The molecule has 2 fully saturated rings. The van der Waals surface area contributed by atoms with Crippen molar-refractivity contribution in [2.24, 2.45) is 5.92 Å². The Balaban J connectivity index is 2.02. The number of carbonyl (C=O) groups excluding carboxylic acids is 2. The van der Waals surface area contributed by atoms with Gasteiger partial charge in [-0.15, -0.1) is 0 Å². The van der Waals surface area contributed by atoms with E-state index in [0.29, 0.717) is 19.4 Å². The van der Waals surface area contributed by atoms with Crippen molar-refractivity contribution in [2.75, 3.05) is 6.61 Å². The van der Waals surface area contributed by atoms with E-state index < -0.39 is 0 Å². The Morgan fingerprint density at radius 3 is 2.94 bits per heavy atom. The van der Waals surface area contributed by atoms with Crippen molar-refractivity contribution >= 4 is 11.9 Å². The molecule has 1 aliphatic carbocycles. The van der Waals surface area contributed by atoms with E-state index in [2.05, 4.69) is 0 Å². The molecule has 0 aromatic rings. The summed E-state index contributed by atoms with van der Waals surface area (Å²) in [5.74, 6) is -0.121. The molecule has 1 spiro atoms. The molecule has 1 saturated heterocycles. The third-order valence-electron chi connectivity index (χ3n) is 3.93. The zero-order valence-corrected chi connectivity index (χ0v) is 10.4. The Morgan fingerprint density at radius 1 is 1.47 bits per heavy atom. The summed E-state index contributed by atoms with van der Waals surface area (Å²) in [6.07, 6.45) is 5.74. The second-order valence-corrected chi connectivity index (χ2v) is 4.99. The molecule has 0 radical (unpaired) electrons. The van der Waals surface area contributed by atoms with E-state index in [0.717, 1.165) is 32.1 Å². The van der Waals surface area contributed by atoms with Crippen LogP contribution < -0.4 is 0 Å². The molecule has 0 bridgehead atoms. The number of rotatable bonds is 3. The minimum absolute atomic E-state index is 0.110. The van der Waals surface area contributed by atoms with Crippen molar-refractivity contribution in [2.45, 2.75) is 57.5 Å². The lowest BCUT2D eigenvalue weighted by Crippen LogP contribution is -2.41. The smallest absolute Gasteiger partial charge is 0.306 e. The molecule has 17 heavy (non-hydrogen) atoms. The van der Waals surface area contributed by atoms with Crippen molar-refractivity contribution in [3.05, 3.63) is 0 Å². The van der Waals surface area contributed by atoms with Crippen LogP contribution in [0.4, 0.5) is 0 Å². The van der Waals surface area contributed by atoms with Crippen LogP contribution in [0.2, 0.25) is 0 Å². The van der Waals surface area contributed by atoms with E-state index in [1.165, 1.54) is 0 Å². The number of carbonyl (C=O) groups is 2. The second-order valence-electron chi connectivity index (χ2n) is 4.99. The molecule has 1 saturated carbocycles. The van der Waals surface area contributed by atoms with Gasteiger partial charge in [-0.25, -0.2) is 0 Å². The van der Waals surface area contributed by atoms with Crippen molar-refractivity contribution < 1.29 is 19.1 Å². The Kier molecular flexibility index (Phi) is 3.69. The first-order valence-electron chi connectivity index (χ1n) is 6.54. The summed E-state index contributed by atoms with van der Waals surface area (Å²) in [7, 11) is 0. The molecular formula is C13H20O4. The summed E-state index contributed by atoms with van der Waals surface area (Å²) in [6, 6.07) is 0. The van der Waals surface area contributed by atoms with Gasteiger partial charge < -0.3 is 9.47 Å². The van der Waals surface area contributed by atoms with Crippen LogP contribution in [0.3, 0.4) is 0 Å². The largest absolute Gasteiger partial charge is 0.466 e. The Labute approximate surface area is 102 Å². The fourth-order valence-corrected chi connectivity index (χ4v) is 3.10. The average molecular weight is 240 g/mol. The first-order chi connectivity index (χ1) is 8.16. The van der Waals surface area contributed by atoms with E-state index in [4.69, 9.17) is 9.47 Å². The monoisotopic (exact) mass is 240 g/mol. The predicted octanol–water partition coefficient (Wildman–Crippen LogP) is 2.21. The molecule has 1 aliphatic heterocycles. The topological polar surface area (TPSA) is 52.6 Å². The van der Waals surface area contributed by atoms with Gasteiger partial charge in [-0.3, -0.25) is 9.59 Å². The van der Waals surface area contributed by atoms with Gasteiger partial charge in [0.05, 0.1) is 13.0 Å². The highest BCUT2D eigenvalue weighted by Crippen LogP contribution is 2.45. The van der Waals surface area contributed by atoms with E-state index in [1.807, 2.05) is 6.92 Å². The van der Waals surface area contributed by atoms with Crippen molar-refractivity contribution in [3.63, 3.8) is 0 Å². The van der Waals surface area contributed by atoms with Crippen LogP contribution in [0, 0.1) is 5.92 Å². The molecule has 1 heterocycles. The quantitative estimate of drug-likeness (QED) is 0.710. The van der Waals surface area contributed by atoms with Crippen LogP contribution in [0.25, 0.3) is 0 Å². The molecule has 0 aromatic heterocycles. The Hall–Kier alpha value is -1.06. The lowest BCUT2D eigenvalue weighted by Gasteiger charge is -2.39. The molecule has 0 N–H and O–H groups in total. The molecule has 0 aromatic carbocycles. The van der Waals surface area contributed by atoms with Crippen LogP contribution in [-0.2, 0) is 19.1 Å². The average Bonchev–Trinajstić information content (AvgIpc) is 2.65. The number of esters is 2. The third-order valence-corrected chi connectivity index (χ3v) is 3.93. The predicted molar refractivity (Wildman–Crippen MR) is 61.3 cm³/mol. The van der Waals surface area contributed by atoms with Gasteiger partial charge >= 0.3 is 11.9 Å². The molecular weight excluding hydrogens is 220 g/mol. The summed E-state index contributed by atoms with van der Waals surface area (Å²) in [4.78, 5) is 22.9. The zero-order chi connectivity index (χ0) is 12.3. The highest BCUT2D eigenvalue weighted by molar-refractivity contribution is 5.73. The number of hydrogen-bond donors (Lipinski definition) is 0. The summed E-state index contributed by atoms with van der Waals surface area (Å²) < 4.78 is 10.5. The van der Waals surface area contributed by atoms with Gasteiger partial charge in [-0.05, 0) is 32.6 Å². The fraction of sp³-hybridized carbons (Fsp3) is 0.846. The van der Waals surface area contributed by atoms with Crippen LogP contribution in [0.15, 0.2) is 0 Å².